The quantitative estimate of drug-likeness (QED) is 0.416. The summed E-state index contributed by atoms with van der Waals surface area (Å²) in [4.78, 5) is 36.8. The minimum atomic E-state index is -0.945. The van der Waals surface area contributed by atoms with E-state index in [2.05, 4.69) is 36.4 Å². The minimum absolute atomic E-state index is 0.00901. The van der Waals surface area contributed by atoms with Crippen molar-refractivity contribution in [3.8, 4) is 11.1 Å². The third-order valence-electron chi connectivity index (χ3n) is 7.16. The van der Waals surface area contributed by atoms with Crippen molar-refractivity contribution in [1.82, 2.24) is 4.90 Å². The third kappa shape index (κ3) is 5.48. The average molecular weight is 471 g/mol. The molecule has 3 aromatic rings. The maximum atomic E-state index is 12.0. The smallest absolute Gasteiger partial charge is 0.335 e. The normalized spacial score (nSPS) is 17.6. The first-order valence-electron chi connectivity index (χ1n) is 11.9. The molecule has 3 atom stereocenters. The SMILES string of the molecule is Cc1ccccc1C(CC(N=O)C1CCC(=O)N(C)C1)c1ccc(-c2ccc(C(=O)O)cc2)cc1. The Balaban J connectivity index is 1.63. The highest BCUT2D eigenvalue weighted by atomic mass is 16.4. The minimum Gasteiger partial charge on any atom is -0.478 e. The molecule has 4 rings (SSSR count). The molecule has 1 aliphatic rings. The van der Waals surface area contributed by atoms with Gasteiger partial charge in [-0.3, -0.25) is 4.79 Å². The van der Waals surface area contributed by atoms with Crippen LogP contribution in [-0.2, 0) is 4.79 Å². The summed E-state index contributed by atoms with van der Waals surface area (Å²) < 4.78 is 0. The summed E-state index contributed by atoms with van der Waals surface area (Å²) in [5.41, 5.74) is 5.61. The lowest BCUT2D eigenvalue weighted by Crippen LogP contribution is -2.41. The van der Waals surface area contributed by atoms with Crippen LogP contribution in [0.25, 0.3) is 11.1 Å². The first-order valence-corrected chi connectivity index (χ1v) is 11.9. The van der Waals surface area contributed by atoms with E-state index in [-0.39, 0.29) is 23.3 Å². The fourth-order valence-electron chi connectivity index (χ4n) is 5.06. The molecular weight excluding hydrogens is 440 g/mol. The summed E-state index contributed by atoms with van der Waals surface area (Å²) in [6.45, 7) is 2.64. The Hall–Kier alpha value is -3.80. The summed E-state index contributed by atoms with van der Waals surface area (Å²) in [7, 11) is 1.79. The number of hydrogen-bond donors (Lipinski definition) is 1. The number of carboxylic acids is 1. The molecule has 1 N–H and O–H groups in total. The lowest BCUT2D eigenvalue weighted by atomic mass is 9.79. The zero-order valence-electron chi connectivity index (χ0n) is 20.1. The van der Waals surface area contributed by atoms with Gasteiger partial charge in [-0.25, -0.2) is 4.79 Å². The summed E-state index contributed by atoms with van der Waals surface area (Å²) in [6, 6.07) is 22.9. The number of carboxylic acid groups (broad SMARTS) is 1. The van der Waals surface area contributed by atoms with E-state index in [1.54, 1.807) is 24.1 Å². The van der Waals surface area contributed by atoms with Crippen molar-refractivity contribution < 1.29 is 14.7 Å². The number of amides is 1. The van der Waals surface area contributed by atoms with Gasteiger partial charge in [0, 0.05) is 31.8 Å². The standard InChI is InChI=1S/C29H30N2O4/c1-19-5-3-4-6-25(19)26(17-27(30-35)24-15-16-28(32)31(2)18-24)22-11-7-20(8-12-22)21-9-13-23(14-10-21)29(33)34/h3-14,24,26-27H,15-18H2,1-2H3,(H,33,34). The molecule has 3 unspecified atom stereocenters. The number of aryl methyl sites for hydroxylation is 1. The van der Waals surface area contributed by atoms with E-state index >= 15 is 0 Å². The van der Waals surface area contributed by atoms with E-state index in [1.807, 2.05) is 36.4 Å². The van der Waals surface area contributed by atoms with E-state index in [0.29, 0.717) is 25.8 Å². The van der Waals surface area contributed by atoms with E-state index in [1.165, 1.54) is 5.56 Å². The molecule has 1 heterocycles. The lowest BCUT2D eigenvalue weighted by Gasteiger charge is -2.33. The van der Waals surface area contributed by atoms with Gasteiger partial charge in [-0.15, -0.1) is 0 Å². The summed E-state index contributed by atoms with van der Waals surface area (Å²) in [5, 5.41) is 12.7. The number of rotatable bonds is 8. The van der Waals surface area contributed by atoms with Crippen LogP contribution in [0.3, 0.4) is 0 Å². The number of hydrogen-bond acceptors (Lipinski definition) is 4. The molecule has 180 valence electrons. The van der Waals surface area contributed by atoms with Gasteiger partial charge in [0.15, 0.2) is 0 Å². The average Bonchev–Trinajstić information content (AvgIpc) is 2.87. The van der Waals surface area contributed by atoms with Crippen molar-refractivity contribution in [2.24, 2.45) is 11.1 Å². The number of aromatic carboxylic acids is 1. The Morgan fingerprint density at radius 3 is 2.23 bits per heavy atom. The molecule has 0 spiro atoms. The topological polar surface area (TPSA) is 87.0 Å². The Morgan fingerprint density at radius 2 is 1.66 bits per heavy atom. The molecule has 0 saturated carbocycles. The summed E-state index contributed by atoms with van der Waals surface area (Å²) in [6.07, 6.45) is 1.72. The van der Waals surface area contributed by atoms with Crippen molar-refractivity contribution >= 4 is 11.9 Å². The van der Waals surface area contributed by atoms with Crippen LogP contribution >= 0.6 is 0 Å². The van der Waals surface area contributed by atoms with Crippen molar-refractivity contribution in [1.29, 1.82) is 0 Å². The molecule has 0 radical (unpaired) electrons. The molecule has 1 saturated heterocycles. The first kappa shape index (κ1) is 24.3. The van der Waals surface area contributed by atoms with Crippen LogP contribution in [0.5, 0.6) is 0 Å². The van der Waals surface area contributed by atoms with Gasteiger partial charge in [-0.05, 0) is 59.7 Å². The van der Waals surface area contributed by atoms with Crippen LogP contribution < -0.4 is 0 Å². The molecule has 1 aliphatic heterocycles. The third-order valence-corrected chi connectivity index (χ3v) is 7.16. The maximum Gasteiger partial charge on any atom is 0.335 e. The molecule has 0 aromatic heterocycles. The maximum absolute atomic E-state index is 12.0. The second-order valence-electron chi connectivity index (χ2n) is 9.40. The van der Waals surface area contributed by atoms with Gasteiger partial charge in [0.25, 0.3) is 0 Å². The Labute approximate surface area is 205 Å². The molecule has 1 amide bonds. The van der Waals surface area contributed by atoms with E-state index < -0.39 is 12.0 Å². The number of nitroso groups, excluding NO2 is 1. The number of piperidine rings is 1. The number of nitrogens with zero attached hydrogens (tertiary/aromatic N) is 2. The molecule has 1 fully saturated rings. The second kappa shape index (κ2) is 10.6. The van der Waals surface area contributed by atoms with Crippen molar-refractivity contribution in [2.75, 3.05) is 13.6 Å². The number of benzene rings is 3. The van der Waals surface area contributed by atoms with E-state index in [0.717, 1.165) is 22.3 Å². The van der Waals surface area contributed by atoms with Crippen LogP contribution in [0.15, 0.2) is 78.0 Å². The highest BCUT2D eigenvalue weighted by Crippen LogP contribution is 2.36. The first-order chi connectivity index (χ1) is 16.9. The zero-order valence-corrected chi connectivity index (χ0v) is 20.1. The van der Waals surface area contributed by atoms with E-state index in [9.17, 15) is 14.5 Å². The Morgan fingerprint density at radius 1 is 1.03 bits per heavy atom. The van der Waals surface area contributed by atoms with Crippen molar-refractivity contribution in [2.45, 2.75) is 38.1 Å². The fraction of sp³-hybridized carbons (Fsp3) is 0.310. The van der Waals surface area contributed by atoms with Gasteiger partial charge in [0.05, 0.1) is 11.6 Å². The van der Waals surface area contributed by atoms with Gasteiger partial charge in [-0.2, -0.15) is 4.91 Å². The van der Waals surface area contributed by atoms with Crippen molar-refractivity contribution in [3.05, 3.63) is 100.0 Å². The summed E-state index contributed by atoms with van der Waals surface area (Å²) >= 11 is 0. The predicted octanol–water partition coefficient (Wildman–Crippen LogP) is 5.89. The monoisotopic (exact) mass is 470 g/mol. The second-order valence-corrected chi connectivity index (χ2v) is 9.40. The van der Waals surface area contributed by atoms with E-state index in [4.69, 9.17) is 5.11 Å². The van der Waals surface area contributed by atoms with Gasteiger partial charge >= 0.3 is 5.97 Å². The van der Waals surface area contributed by atoms with Crippen LogP contribution in [0.1, 0.15) is 52.2 Å². The van der Waals surface area contributed by atoms with Gasteiger partial charge in [0.1, 0.15) is 0 Å². The van der Waals surface area contributed by atoms with Gasteiger partial charge < -0.3 is 10.0 Å². The highest BCUT2D eigenvalue weighted by Gasteiger charge is 2.33. The van der Waals surface area contributed by atoms with Crippen LogP contribution in [-0.4, -0.2) is 41.5 Å². The van der Waals surface area contributed by atoms with Gasteiger partial charge in [0.2, 0.25) is 5.91 Å². The Bertz CT molecular complexity index is 1200. The van der Waals surface area contributed by atoms with Gasteiger partial charge in [-0.1, -0.05) is 65.8 Å². The molecule has 3 aromatic carbocycles. The highest BCUT2D eigenvalue weighted by molar-refractivity contribution is 5.88. The fourth-order valence-corrected chi connectivity index (χ4v) is 5.06. The largest absolute Gasteiger partial charge is 0.478 e. The zero-order chi connectivity index (χ0) is 24.9. The number of likely N-dealkylation sites (tertiary alicyclic amines) is 1. The lowest BCUT2D eigenvalue weighted by molar-refractivity contribution is -0.133. The van der Waals surface area contributed by atoms with Crippen LogP contribution in [0.2, 0.25) is 0 Å². The molecule has 0 aliphatic carbocycles. The molecule has 35 heavy (non-hydrogen) atoms. The number of carbonyl (C=O) groups excluding carboxylic acids is 1. The molecule has 0 bridgehead atoms. The van der Waals surface area contributed by atoms with Crippen LogP contribution in [0, 0.1) is 17.7 Å². The molecule has 6 heteroatoms. The number of carbonyl (C=O) groups is 2. The van der Waals surface area contributed by atoms with Crippen molar-refractivity contribution in [3.63, 3.8) is 0 Å². The predicted molar refractivity (Wildman–Crippen MR) is 136 cm³/mol. The summed E-state index contributed by atoms with van der Waals surface area (Å²) in [5.74, 6) is -0.785. The molecule has 6 nitrogen and oxygen atoms in total. The van der Waals surface area contributed by atoms with Crippen LogP contribution in [0.4, 0.5) is 0 Å². The Kier molecular flexibility index (Phi) is 7.39. The molecular formula is C29H30N2O4.